The fraction of sp³-hybridized carbons (Fsp3) is 1.00. The Bertz CT molecular complexity index is 229. The molecule has 0 saturated carbocycles. The Kier molecular flexibility index (Phi) is 7.45. The van der Waals surface area contributed by atoms with Crippen molar-refractivity contribution >= 4 is 16.9 Å². The second-order valence-electron chi connectivity index (χ2n) is 7.72. The van der Waals surface area contributed by atoms with Gasteiger partial charge in [-0.05, 0) is 11.0 Å². The summed E-state index contributed by atoms with van der Waals surface area (Å²) in [5.74, 6) is 0.814. The third-order valence-corrected chi connectivity index (χ3v) is 17.3. The lowest BCUT2D eigenvalue weighted by Crippen LogP contribution is -2.50. The van der Waals surface area contributed by atoms with Gasteiger partial charge in [-0.2, -0.15) is 0 Å². The zero-order valence-electron chi connectivity index (χ0n) is 14.5. The van der Waals surface area contributed by atoms with Gasteiger partial charge in [0, 0.05) is 8.80 Å². The van der Waals surface area contributed by atoms with Crippen LogP contribution in [0.1, 0.15) is 60.3 Å². The molecule has 1 atom stereocenters. The summed E-state index contributed by atoms with van der Waals surface area (Å²) in [6.45, 7) is 22.7. The maximum absolute atomic E-state index is 2.67. The maximum Gasteiger partial charge on any atom is 0.0535 e. The average molecular weight is 286 g/mol. The van der Waals surface area contributed by atoms with Gasteiger partial charge in [0.1, 0.15) is 0 Å². The summed E-state index contributed by atoms with van der Waals surface area (Å²) in [5.41, 5.74) is 0. The molecule has 0 aromatic carbocycles. The summed E-state index contributed by atoms with van der Waals surface area (Å²) in [6, 6.07) is 0. The van der Waals surface area contributed by atoms with Crippen LogP contribution in [0.4, 0.5) is 0 Å². The lowest BCUT2D eigenvalue weighted by molar-refractivity contribution is 0.451. The molecule has 0 heterocycles. The molecule has 0 aromatic rings. The highest BCUT2D eigenvalue weighted by Gasteiger charge is 2.47. The van der Waals surface area contributed by atoms with Crippen molar-refractivity contribution in [2.45, 2.75) is 96.7 Å². The predicted molar refractivity (Wildman–Crippen MR) is 91.7 cm³/mol. The molecular weight excluding hydrogens is 248 g/mol. The molecule has 0 rings (SSSR count). The van der Waals surface area contributed by atoms with Gasteiger partial charge in [-0.25, -0.2) is 0 Å². The van der Waals surface area contributed by atoms with Crippen molar-refractivity contribution in [3.63, 3.8) is 0 Å². The highest BCUT2D eigenvalue weighted by atomic mass is 28.4. The van der Waals surface area contributed by atoms with Gasteiger partial charge in [0.2, 0.25) is 0 Å². The summed E-state index contributed by atoms with van der Waals surface area (Å²) in [4.78, 5) is 0. The molecule has 0 fully saturated rings. The van der Waals surface area contributed by atoms with Gasteiger partial charge in [-0.3, -0.25) is 0 Å². The van der Waals surface area contributed by atoms with Crippen molar-refractivity contribution in [3.05, 3.63) is 0 Å². The molecule has 2 heteroatoms. The molecular formula is C16H37Si2. The molecule has 0 nitrogen and oxygen atoms in total. The van der Waals surface area contributed by atoms with E-state index in [-0.39, 0.29) is 8.80 Å². The molecule has 18 heavy (non-hydrogen) atoms. The summed E-state index contributed by atoms with van der Waals surface area (Å²) >= 11 is 0. The number of unbranched alkanes of at least 4 members (excludes halogenated alkanes) is 2. The van der Waals surface area contributed by atoms with Gasteiger partial charge in [0.15, 0.2) is 0 Å². The van der Waals surface area contributed by atoms with E-state index in [2.05, 4.69) is 60.8 Å². The minimum absolute atomic E-state index is 0.164. The molecule has 109 valence electrons. The quantitative estimate of drug-likeness (QED) is 0.359. The zero-order valence-corrected chi connectivity index (χ0v) is 16.5. The summed E-state index contributed by atoms with van der Waals surface area (Å²) in [7, 11) is -1.36. The zero-order chi connectivity index (χ0) is 14.6. The van der Waals surface area contributed by atoms with Gasteiger partial charge in [-0.15, -0.1) is 0 Å². The fourth-order valence-corrected chi connectivity index (χ4v) is 14.1. The van der Waals surface area contributed by atoms with E-state index < -0.39 is 8.07 Å². The lowest BCUT2D eigenvalue weighted by Gasteiger charge is -2.49. The Hall–Kier alpha value is 0.434. The topological polar surface area (TPSA) is 0 Å². The van der Waals surface area contributed by atoms with Crippen LogP contribution in [0.15, 0.2) is 0 Å². The van der Waals surface area contributed by atoms with Gasteiger partial charge in [0.05, 0.1) is 8.07 Å². The normalized spacial score (nSPS) is 15.5. The third kappa shape index (κ3) is 4.23. The van der Waals surface area contributed by atoms with E-state index >= 15 is 0 Å². The van der Waals surface area contributed by atoms with Gasteiger partial charge in [-0.1, -0.05) is 91.7 Å². The minimum atomic E-state index is -1.19. The van der Waals surface area contributed by atoms with Crippen molar-refractivity contribution in [2.75, 3.05) is 0 Å². The molecule has 0 aliphatic heterocycles. The molecule has 1 unspecified atom stereocenters. The first-order chi connectivity index (χ1) is 8.09. The number of hydrogen-bond donors (Lipinski definition) is 0. The Morgan fingerprint density at radius 2 is 1.56 bits per heavy atom. The Balaban J connectivity index is 4.97. The van der Waals surface area contributed by atoms with Crippen molar-refractivity contribution in [1.82, 2.24) is 0 Å². The largest absolute Gasteiger partial charge is 0.0713 e. The van der Waals surface area contributed by atoms with Crippen LogP contribution < -0.4 is 0 Å². The first-order valence-electron chi connectivity index (χ1n) is 7.89. The molecule has 0 aromatic heterocycles. The fourth-order valence-electron chi connectivity index (χ4n) is 3.16. The molecule has 1 radical (unpaired) electrons. The van der Waals surface area contributed by atoms with Gasteiger partial charge >= 0.3 is 0 Å². The monoisotopic (exact) mass is 285 g/mol. The van der Waals surface area contributed by atoms with E-state index in [9.17, 15) is 0 Å². The van der Waals surface area contributed by atoms with Crippen molar-refractivity contribution in [2.24, 2.45) is 5.92 Å². The standard InChI is InChI=1S/C16H37Si2/c1-10-11-12-13-15(17(6)7)18(8,9)16(4,5)14(2)3/h14-15H,10-13H2,1-9H3. The van der Waals surface area contributed by atoms with Crippen LogP contribution in [-0.4, -0.2) is 16.9 Å². The first kappa shape index (κ1) is 18.4. The Morgan fingerprint density at radius 1 is 1.06 bits per heavy atom. The van der Waals surface area contributed by atoms with Crippen molar-refractivity contribution in [3.8, 4) is 0 Å². The predicted octanol–water partition coefficient (Wildman–Crippen LogP) is 6.38. The van der Waals surface area contributed by atoms with Crippen LogP contribution in [0.2, 0.25) is 36.4 Å². The van der Waals surface area contributed by atoms with Crippen LogP contribution in [0.3, 0.4) is 0 Å². The SMILES string of the molecule is CCCCCC([Si](C)C)[Si](C)(C)C(C)(C)C(C)C. The van der Waals surface area contributed by atoms with E-state index in [1.165, 1.54) is 25.7 Å². The minimum Gasteiger partial charge on any atom is -0.0713 e. The third-order valence-electron chi connectivity index (χ3n) is 5.77. The molecule has 0 bridgehead atoms. The molecule has 0 saturated heterocycles. The molecule has 0 aliphatic rings. The number of hydrogen-bond acceptors (Lipinski definition) is 0. The second kappa shape index (κ2) is 7.28. The smallest absolute Gasteiger partial charge is 0.0535 e. The van der Waals surface area contributed by atoms with Crippen LogP contribution >= 0.6 is 0 Å². The summed E-state index contributed by atoms with van der Waals surface area (Å²) in [6.07, 6.45) is 5.75. The molecule has 0 spiro atoms. The van der Waals surface area contributed by atoms with Gasteiger partial charge < -0.3 is 0 Å². The molecule has 0 amide bonds. The Labute approximate surface area is 120 Å². The molecule has 0 aliphatic carbocycles. The Morgan fingerprint density at radius 3 is 1.89 bits per heavy atom. The highest BCUT2D eigenvalue weighted by molar-refractivity contribution is 6.91. The van der Waals surface area contributed by atoms with E-state index in [0.29, 0.717) is 5.04 Å². The first-order valence-corrected chi connectivity index (χ1v) is 13.5. The van der Waals surface area contributed by atoms with Crippen LogP contribution in [0.25, 0.3) is 0 Å². The lowest BCUT2D eigenvalue weighted by atomic mass is 9.99. The van der Waals surface area contributed by atoms with E-state index in [1.54, 1.807) is 0 Å². The number of rotatable bonds is 8. The highest BCUT2D eigenvalue weighted by Crippen LogP contribution is 2.51. The molecule has 0 N–H and O–H groups in total. The van der Waals surface area contributed by atoms with E-state index in [4.69, 9.17) is 0 Å². The summed E-state index contributed by atoms with van der Waals surface area (Å²) in [5, 5.41) is 1.64. The van der Waals surface area contributed by atoms with Crippen LogP contribution in [0, 0.1) is 5.92 Å². The summed E-state index contributed by atoms with van der Waals surface area (Å²) < 4.78 is 0. The van der Waals surface area contributed by atoms with E-state index in [0.717, 1.165) is 11.1 Å². The van der Waals surface area contributed by atoms with Crippen molar-refractivity contribution < 1.29 is 0 Å². The average Bonchev–Trinajstić information content (AvgIpc) is 2.22. The van der Waals surface area contributed by atoms with Crippen LogP contribution in [0.5, 0.6) is 0 Å². The van der Waals surface area contributed by atoms with Crippen molar-refractivity contribution in [1.29, 1.82) is 0 Å². The van der Waals surface area contributed by atoms with Crippen LogP contribution in [-0.2, 0) is 0 Å². The van der Waals surface area contributed by atoms with Gasteiger partial charge in [0.25, 0.3) is 0 Å². The second-order valence-corrected chi connectivity index (χ2v) is 16.6. The maximum atomic E-state index is 2.67. The van der Waals surface area contributed by atoms with E-state index in [1.807, 2.05) is 0 Å².